The molecule has 0 amide bonds. The number of ether oxygens (including phenoxy) is 5. The van der Waals surface area contributed by atoms with Gasteiger partial charge < -0.3 is 28.8 Å². The van der Waals surface area contributed by atoms with E-state index in [2.05, 4.69) is 15.9 Å². The first-order valence-corrected chi connectivity index (χ1v) is 9.20. The Balaban J connectivity index is 2.25. The minimum Gasteiger partial charge on any atom is -0.491 e. The van der Waals surface area contributed by atoms with Gasteiger partial charge in [-0.2, -0.15) is 0 Å². The summed E-state index contributed by atoms with van der Waals surface area (Å²) in [5.74, 6) is -1.60. The largest absolute Gasteiger partial charge is 0.491 e. The van der Waals surface area contributed by atoms with Crippen molar-refractivity contribution in [3.05, 3.63) is 28.7 Å². The van der Waals surface area contributed by atoms with Gasteiger partial charge in [0, 0.05) is 25.2 Å². The zero-order valence-corrected chi connectivity index (χ0v) is 17.1. The molecule has 0 bridgehead atoms. The standard InChI is InChI=1S/C18H21BrO9/c1-9(20)25-15-14(8-24-13-6-4-5-12(19)7-13)28-18(23)17(27-11(3)22)16(15)26-10(2)21/h4-7,14-18,23H,8H2,1-3H3/t14-,15-,16+,17-,18+/m0/s1. The Bertz CT molecular complexity index is 723. The first-order valence-electron chi connectivity index (χ1n) is 8.41. The first-order chi connectivity index (χ1) is 13.2. The number of hydrogen-bond donors (Lipinski definition) is 1. The van der Waals surface area contributed by atoms with Crippen molar-refractivity contribution < 1.29 is 43.2 Å². The quantitative estimate of drug-likeness (QED) is 0.495. The van der Waals surface area contributed by atoms with Gasteiger partial charge in [-0.05, 0) is 18.2 Å². The second-order valence-electron chi connectivity index (χ2n) is 6.06. The molecule has 5 atom stereocenters. The van der Waals surface area contributed by atoms with Crippen LogP contribution in [0.15, 0.2) is 28.7 Å². The molecule has 1 fully saturated rings. The van der Waals surface area contributed by atoms with E-state index in [1.54, 1.807) is 18.2 Å². The predicted molar refractivity (Wildman–Crippen MR) is 97.2 cm³/mol. The molecule has 154 valence electrons. The second-order valence-corrected chi connectivity index (χ2v) is 6.97. The highest BCUT2D eigenvalue weighted by Gasteiger charge is 2.51. The Labute approximate surface area is 170 Å². The van der Waals surface area contributed by atoms with E-state index in [1.165, 1.54) is 6.92 Å². The molecule has 10 heteroatoms. The van der Waals surface area contributed by atoms with Crippen molar-refractivity contribution in [3.8, 4) is 5.75 Å². The van der Waals surface area contributed by atoms with E-state index in [4.69, 9.17) is 23.7 Å². The topological polar surface area (TPSA) is 118 Å². The molecule has 1 heterocycles. The molecular weight excluding hydrogens is 440 g/mol. The minimum absolute atomic E-state index is 0.129. The van der Waals surface area contributed by atoms with Gasteiger partial charge in [0.1, 0.15) is 18.5 Å². The molecule has 2 rings (SSSR count). The van der Waals surface area contributed by atoms with Gasteiger partial charge in [-0.15, -0.1) is 0 Å². The normalized spacial score (nSPS) is 26.8. The van der Waals surface area contributed by atoms with E-state index in [0.717, 1.165) is 18.3 Å². The number of aliphatic hydroxyl groups excluding tert-OH is 1. The Morgan fingerprint density at radius 3 is 2.14 bits per heavy atom. The van der Waals surface area contributed by atoms with Crippen LogP contribution >= 0.6 is 15.9 Å². The zero-order chi connectivity index (χ0) is 20.8. The van der Waals surface area contributed by atoms with Crippen LogP contribution in [0.4, 0.5) is 0 Å². The van der Waals surface area contributed by atoms with Gasteiger partial charge in [0.25, 0.3) is 0 Å². The van der Waals surface area contributed by atoms with E-state index < -0.39 is 48.6 Å². The van der Waals surface area contributed by atoms with Crippen molar-refractivity contribution in [3.63, 3.8) is 0 Å². The van der Waals surface area contributed by atoms with E-state index in [1.807, 2.05) is 6.07 Å². The Morgan fingerprint density at radius 1 is 1.00 bits per heavy atom. The third-order valence-corrected chi connectivity index (χ3v) is 4.22. The summed E-state index contributed by atoms with van der Waals surface area (Å²) in [7, 11) is 0. The van der Waals surface area contributed by atoms with Crippen LogP contribution in [0.3, 0.4) is 0 Å². The predicted octanol–water partition coefficient (Wildman–Crippen LogP) is 1.34. The highest BCUT2D eigenvalue weighted by atomic mass is 79.9. The molecule has 0 unspecified atom stereocenters. The summed E-state index contributed by atoms with van der Waals surface area (Å²) in [6.45, 7) is 3.31. The number of halogens is 1. The highest BCUT2D eigenvalue weighted by molar-refractivity contribution is 9.10. The fourth-order valence-electron chi connectivity index (χ4n) is 2.74. The lowest BCUT2D eigenvalue weighted by Crippen LogP contribution is -2.62. The Kier molecular flexibility index (Phi) is 7.78. The van der Waals surface area contributed by atoms with E-state index in [0.29, 0.717) is 5.75 Å². The van der Waals surface area contributed by atoms with Gasteiger partial charge in [-0.25, -0.2) is 0 Å². The molecule has 0 radical (unpaired) electrons. The van der Waals surface area contributed by atoms with Crippen LogP contribution < -0.4 is 4.74 Å². The lowest BCUT2D eigenvalue weighted by molar-refractivity contribution is -0.294. The van der Waals surface area contributed by atoms with Gasteiger partial charge in [0.15, 0.2) is 24.6 Å². The highest BCUT2D eigenvalue weighted by Crippen LogP contribution is 2.28. The Hall–Kier alpha value is -2.17. The van der Waals surface area contributed by atoms with Gasteiger partial charge in [-0.3, -0.25) is 14.4 Å². The molecule has 0 saturated carbocycles. The maximum atomic E-state index is 11.6. The summed E-state index contributed by atoms with van der Waals surface area (Å²) < 4.78 is 27.4. The molecule has 0 spiro atoms. The average Bonchev–Trinajstić information content (AvgIpc) is 2.58. The maximum Gasteiger partial charge on any atom is 0.303 e. The summed E-state index contributed by atoms with van der Waals surface area (Å²) in [4.78, 5) is 34.5. The third-order valence-electron chi connectivity index (χ3n) is 3.73. The van der Waals surface area contributed by atoms with Crippen molar-refractivity contribution >= 4 is 33.8 Å². The van der Waals surface area contributed by atoms with Crippen LogP contribution in [0.25, 0.3) is 0 Å². The summed E-state index contributed by atoms with van der Waals surface area (Å²) in [6, 6.07) is 7.00. The summed E-state index contributed by atoms with van der Waals surface area (Å²) in [5, 5.41) is 10.3. The Morgan fingerprint density at radius 2 is 1.57 bits per heavy atom. The number of rotatable bonds is 6. The SMILES string of the molecule is CC(=O)O[C@@H]1[C@@H](OC(C)=O)[C@H](COc2cccc(Br)c2)O[C@@H](O)[C@H]1OC(C)=O. The molecule has 9 nitrogen and oxygen atoms in total. The first kappa shape index (κ1) is 22.1. The van der Waals surface area contributed by atoms with Gasteiger partial charge in [0.2, 0.25) is 0 Å². The molecule has 1 aromatic carbocycles. The van der Waals surface area contributed by atoms with Crippen molar-refractivity contribution in [2.24, 2.45) is 0 Å². The lowest BCUT2D eigenvalue weighted by atomic mass is 9.98. The van der Waals surface area contributed by atoms with Crippen LogP contribution in [0.1, 0.15) is 20.8 Å². The number of esters is 3. The molecule has 1 aliphatic rings. The van der Waals surface area contributed by atoms with Crippen LogP contribution in [0.2, 0.25) is 0 Å². The molecule has 0 aromatic heterocycles. The van der Waals surface area contributed by atoms with Crippen molar-refractivity contribution in [2.45, 2.75) is 51.5 Å². The molecule has 1 aliphatic heterocycles. The summed E-state index contributed by atoms with van der Waals surface area (Å²) in [6.07, 6.45) is -6.41. The second kappa shape index (κ2) is 9.85. The van der Waals surface area contributed by atoms with Crippen molar-refractivity contribution in [1.82, 2.24) is 0 Å². The molecule has 0 aliphatic carbocycles. The fraction of sp³-hybridized carbons (Fsp3) is 0.500. The van der Waals surface area contributed by atoms with Crippen molar-refractivity contribution in [2.75, 3.05) is 6.61 Å². The molecule has 1 saturated heterocycles. The molecule has 1 N–H and O–H groups in total. The average molecular weight is 461 g/mol. The molecule has 28 heavy (non-hydrogen) atoms. The zero-order valence-electron chi connectivity index (χ0n) is 15.5. The number of carbonyl (C=O) groups is 3. The molecule has 1 aromatic rings. The monoisotopic (exact) mass is 460 g/mol. The van der Waals surface area contributed by atoms with E-state index in [9.17, 15) is 19.5 Å². The number of carbonyl (C=O) groups excluding carboxylic acids is 3. The van der Waals surface area contributed by atoms with E-state index >= 15 is 0 Å². The number of aliphatic hydroxyl groups is 1. The van der Waals surface area contributed by atoms with Crippen LogP contribution in [0.5, 0.6) is 5.75 Å². The lowest BCUT2D eigenvalue weighted by Gasteiger charge is -2.42. The van der Waals surface area contributed by atoms with Gasteiger partial charge >= 0.3 is 17.9 Å². The van der Waals surface area contributed by atoms with Crippen LogP contribution in [0, 0.1) is 0 Å². The molecular formula is C18H21BrO9. The third kappa shape index (κ3) is 6.18. The summed E-state index contributed by atoms with van der Waals surface area (Å²) in [5.41, 5.74) is 0. The van der Waals surface area contributed by atoms with Crippen LogP contribution in [-0.2, 0) is 33.3 Å². The van der Waals surface area contributed by atoms with Crippen molar-refractivity contribution in [1.29, 1.82) is 0 Å². The maximum absolute atomic E-state index is 11.6. The van der Waals surface area contributed by atoms with Gasteiger partial charge in [-0.1, -0.05) is 22.0 Å². The van der Waals surface area contributed by atoms with Gasteiger partial charge in [0.05, 0.1) is 0 Å². The fourth-order valence-corrected chi connectivity index (χ4v) is 3.12. The van der Waals surface area contributed by atoms with E-state index in [-0.39, 0.29) is 6.61 Å². The minimum atomic E-state index is -1.61. The van der Waals surface area contributed by atoms with Crippen LogP contribution in [-0.4, -0.2) is 60.3 Å². The number of benzene rings is 1. The number of hydrogen-bond acceptors (Lipinski definition) is 9. The summed E-state index contributed by atoms with van der Waals surface area (Å²) >= 11 is 3.32. The smallest absolute Gasteiger partial charge is 0.303 e.